The molecule has 0 unspecified atom stereocenters. The van der Waals surface area contributed by atoms with Crippen molar-refractivity contribution in [2.45, 2.75) is 0 Å². The highest BCUT2D eigenvalue weighted by Crippen LogP contribution is 2.15. The number of likely N-dealkylation sites (N-methyl/N-ethyl adjacent to an activating group) is 1. The molecule has 1 saturated heterocycles. The van der Waals surface area contributed by atoms with E-state index in [0.717, 1.165) is 26.2 Å². The van der Waals surface area contributed by atoms with Crippen LogP contribution in [0.25, 0.3) is 0 Å². The van der Waals surface area contributed by atoms with Gasteiger partial charge in [-0.1, -0.05) is 18.2 Å². The monoisotopic (exact) mass is 290 g/mol. The molecule has 0 spiro atoms. The van der Waals surface area contributed by atoms with E-state index in [-0.39, 0.29) is 24.9 Å². The van der Waals surface area contributed by atoms with Crippen molar-refractivity contribution in [3.05, 3.63) is 30.3 Å². The summed E-state index contributed by atoms with van der Waals surface area (Å²) in [6, 6.07) is 10.2. The van der Waals surface area contributed by atoms with Crippen molar-refractivity contribution in [3.8, 4) is 0 Å². The Hall–Kier alpha value is -2.08. The largest absolute Gasteiger partial charge is 0.368 e. The molecule has 0 atom stereocenters. The molecule has 6 nitrogen and oxygen atoms in total. The van der Waals surface area contributed by atoms with Gasteiger partial charge in [-0.25, -0.2) is 0 Å². The Kier molecular flexibility index (Phi) is 5.57. The normalized spacial score (nSPS) is 14.9. The molecule has 2 rings (SSSR count). The molecule has 1 heterocycles. The first-order chi connectivity index (χ1) is 10.2. The number of para-hydroxylation sites is 1. The highest BCUT2D eigenvalue weighted by Gasteiger charge is 2.20. The van der Waals surface area contributed by atoms with E-state index in [9.17, 15) is 9.59 Å². The number of benzene rings is 1. The van der Waals surface area contributed by atoms with Crippen molar-refractivity contribution < 1.29 is 9.59 Å². The molecule has 0 aromatic heterocycles. The van der Waals surface area contributed by atoms with Crippen LogP contribution in [0, 0.1) is 0 Å². The average molecular weight is 290 g/mol. The average Bonchev–Trinajstić information content (AvgIpc) is 2.55. The number of hydrogen-bond donors (Lipinski definition) is 2. The molecule has 21 heavy (non-hydrogen) atoms. The van der Waals surface area contributed by atoms with E-state index >= 15 is 0 Å². The zero-order chi connectivity index (χ0) is 15.1. The molecule has 1 fully saturated rings. The molecule has 2 N–H and O–H groups in total. The number of piperazine rings is 1. The molecule has 0 aliphatic carbocycles. The Labute approximate surface area is 125 Å². The second kappa shape index (κ2) is 7.64. The van der Waals surface area contributed by atoms with Crippen LogP contribution in [0.1, 0.15) is 0 Å². The van der Waals surface area contributed by atoms with Crippen LogP contribution in [-0.4, -0.2) is 63.0 Å². The quantitative estimate of drug-likeness (QED) is 0.779. The minimum Gasteiger partial charge on any atom is -0.368 e. The molecule has 1 aromatic carbocycles. The van der Waals surface area contributed by atoms with Crippen molar-refractivity contribution in [2.24, 2.45) is 0 Å². The molecule has 0 radical (unpaired) electrons. The van der Waals surface area contributed by atoms with E-state index in [1.54, 1.807) is 7.05 Å². The first-order valence-electron chi connectivity index (χ1n) is 7.20. The van der Waals surface area contributed by atoms with Crippen LogP contribution in [0.4, 0.5) is 5.69 Å². The van der Waals surface area contributed by atoms with Gasteiger partial charge in [0.25, 0.3) is 0 Å². The number of nitrogens with zero attached hydrogens (tertiary/aromatic N) is 2. The molecule has 1 aliphatic rings. The number of anilines is 1. The van der Waals surface area contributed by atoms with Gasteiger partial charge in [0.15, 0.2) is 0 Å². The van der Waals surface area contributed by atoms with Crippen molar-refractivity contribution >= 4 is 17.5 Å². The predicted molar refractivity (Wildman–Crippen MR) is 82.2 cm³/mol. The number of hydrogen-bond acceptors (Lipinski definition) is 4. The smallest absolute Gasteiger partial charge is 0.236 e. The lowest BCUT2D eigenvalue weighted by Gasteiger charge is -2.36. The van der Waals surface area contributed by atoms with E-state index in [4.69, 9.17) is 0 Å². The Balaban J connectivity index is 1.73. The lowest BCUT2D eigenvalue weighted by molar-refractivity contribution is -0.130. The summed E-state index contributed by atoms with van der Waals surface area (Å²) in [6.45, 7) is 3.49. The number of rotatable bonds is 5. The minimum atomic E-state index is -0.114. The number of carbonyl (C=O) groups is 2. The molecular formula is C15H22N4O2. The summed E-state index contributed by atoms with van der Waals surface area (Å²) < 4.78 is 0. The van der Waals surface area contributed by atoms with E-state index in [1.165, 1.54) is 5.69 Å². The number of carbonyl (C=O) groups excluding carboxylic acids is 2. The van der Waals surface area contributed by atoms with Gasteiger partial charge in [0.05, 0.1) is 13.1 Å². The summed E-state index contributed by atoms with van der Waals surface area (Å²) in [4.78, 5) is 27.2. The Bertz CT molecular complexity index is 470. The molecule has 0 saturated carbocycles. The van der Waals surface area contributed by atoms with E-state index in [2.05, 4.69) is 27.7 Å². The van der Waals surface area contributed by atoms with Gasteiger partial charge in [-0.2, -0.15) is 0 Å². The Morgan fingerprint density at radius 2 is 1.71 bits per heavy atom. The van der Waals surface area contributed by atoms with E-state index < -0.39 is 0 Å². The molecule has 1 aromatic rings. The third kappa shape index (κ3) is 4.46. The molecule has 1 aliphatic heterocycles. The second-order valence-electron chi connectivity index (χ2n) is 4.98. The van der Waals surface area contributed by atoms with Crippen LogP contribution in [-0.2, 0) is 9.59 Å². The first kappa shape index (κ1) is 15.3. The molecule has 114 valence electrons. The zero-order valence-electron chi connectivity index (χ0n) is 12.3. The van der Waals surface area contributed by atoms with E-state index in [1.807, 2.05) is 23.1 Å². The van der Waals surface area contributed by atoms with Gasteiger partial charge in [-0.05, 0) is 12.1 Å². The van der Waals surface area contributed by atoms with Gasteiger partial charge in [0, 0.05) is 38.9 Å². The topological polar surface area (TPSA) is 64.7 Å². The summed E-state index contributed by atoms with van der Waals surface area (Å²) in [6.07, 6.45) is 0. The standard InChI is InChI=1S/C15H22N4O2/c1-16-14(20)11-17-12-15(21)19-9-7-18(8-10-19)13-5-3-2-4-6-13/h2-6,17H,7-12H2,1H3,(H,16,20). The molecule has 6 heteroatoms. The van der Waals surface area contributed by atoms with Crippen LogP contribution in [0.5, 0.6) is 0 Å². The lowest BCUT2D eigenvalue weighted by atomic mass is 10.2. The third-order valence-corrected chi connectivity index (χ3v) is 3.59. The van der Waals surface area contributed by atoms with Crippen molar-refractivity contribution in [2.75, 3.05) is 51.2 Å². The minimum absolute atomic E-state index is 0.0478. The maximum atomic E-state index is 12.0. The summed E-state index contributed by atoms with van der Waals surface area (Å²) in [5, 5.41) is 5.37. The van der Waals surface area contributed by atoms with Gasteiger partial charge >= 0.3 is 0 Å². The van der Waals surface area contributed by atoms with Gasteiger partial charge in [0.1, 0.15) is 0 Å². The first-order valence-corrected chi connectivity index (χ1v) is 7.20. The number of nitrogens with one attached hydrogen (secondary N) is 2. The Morgan fingerprint density at radius 3 is 2.33 bits per heavy atom. The number of amides is 2. The molecule has 0 bridgehead atoms. The maximum Gasteiger partial charge on any atom is 0.236 e. The molecular weight excluding hydrogens is 268 g/mol. The van der Waals surface area contributed by atoms with Gasteiger partial charge in [-0.15, -0.1) is 0 Å². The fourth-order valence-electron chi connectivity index (χ4n) is 2.34. The highest BCUT2D eigenvalue weighted by atomic mass is 16.2. The fraction of sp³-hybridized carbons (Fsp3) is 0.467. The van der Waals surface area contributed by atoms with Crippen LogP contribution >= 0.6 is 0 Å². The van der Waals surface area contributed by atoms with Crippen LogP contribution in [0.2, 0.25) is 0 Å². The van der Waals surface area contributed by atoms with Crippen molar-refractivity contribution in [1.29, 1.82) is 0 Å². The van der Waals surface area contributed by atoms with Gasteiger partial charge in [-0.3, -0.25) is 14.9 Å². The van der Waals surface area contributed by atoms with Crippen LogP contribution in [0.3, 0.4) is 0 Å². The summed E-state index contributed by atoms with van der Waals surface area (Å²) in [5.41, 5.74) is 1.20. The third-order valence-electron chi connectivity index (χ3n) is 3.59. The second-order valence-corrected chi connectivity index (χ2v) is 4.98. The maximum absolute atomic E-state index is 12.0. The predicted octanol–water partition coefficient (Wildman–Crippen LogP) is -0.329. The van der Waals surface area contributed by atoms with Gasteiger partial charge in [0.2, 0.25) is 11.8 Å². The van der Waals surface area contributed by atoms with Crippen molar-refractivity contribution in [1.82, 2.24) is 15.5 Å². The van der Waals surface area contributed by atoms with Crippen molar-refractivity contribution in [3.63, 3.8) is 0 Å². The van der Waals surface area contributed by atoms with Gasteiger partial charge < -0.3 is 15.1 Å². The highest BCUT2D eigenvalue weighted by molar-refractivity contribution is 5.81. The summed E-state index contributed by atoms with van der Waals surface area (Å²) in [7, 11) is 1.58. The zero-order valence-corrected chi connectivity index (χ0v) is 12.3. The fourth-order valence-corrected chi connectivity index (χ4v) is 2.34. The SMILES string of the molecule is CNC(=O)CNCC(=O)N1CCN(c2ccccc2)CC1. The van der Waals surface area contributed by atoms with Crippen LogP contribution in [0.15, 0.2) is 30.3 Å². The van der Waals surface area contributed by atoms with Crippen LogP contribution < -0.4 is 15.5 Å². The summed E-state index contributed by atoms with van der Waals surface area (Å²) in [5.74, 6) is -0.0664. The molecule has 2 amide bonds. The lowest BCUT2D eigenvalue weighted by Crippen LogP contribution is -2.51. The summed E-state index contributed by atoms with van der Waals surface area (Å²) >= 11 is 0. The Morgan fingerprint density at radius 1 is 1.05 bits per heavy atom. The van der Waals surface area contributed by atoms with E-state index in [0.29, 0.717) is 0 Å².